The third-order valence-corrected chi connectivity index (χ3v) is 6.11. The van der Waals surface area contributed by atoms with Crippen molar-refractivity contribution in [3.05, 3.63) is 65.2 Å². The van der Waals surface area contributed by atoms with Gasteiger partial charge in [-0.1, -0.05) is 48.5 Å². The van der Waals surface area contributed by atoms with Crippen LogP contribution < -0.4 is 17.0 Å². The van der Waals surface area contributed by atoms with Gasteiger partial charge in [-0.05, 0) is 45.7 Å². The number of hydrogen-bond acceptors (Lipinski definition) is 1. The molecular weight excluding hydrogens is 386 g/mol. The van der Waals surface area contributed by atoms with Crippen LogP contribution in [-0.4, -0.2) is 35.3 Å². The molecule has 0 aliphatic heterocycles. The van der Waals surface area contributed by atoms with Crippen LogP contribution in [0.15, 0.2) is 48.5 Å². The molecule has 1 atom stereocenters. The molecule has 1 N–H and O–H groups in total. The highest BCUT2D eigenvalue weighted by Gasteiger charge is 2.31. The van der Waals surface area contributed by atoms with E-state index in [1.807, 2.05) is 13.0 Å². The van der Waals surface area contributed by atoms with Crippen LogP contribution in [0.5, 0.6) is 5.75 Å². The van der Waals surface area contributed by atoms with Crippen molar-refractivity contribution in [1.82, 2.24) is 0 Å². The summed E-state index contributed by atoms with van der Waals surface area (Å²) in [7, 11) is 2.35. The van der Waals surface area contributed by atoms with Gasteiger partial charge in [-0.15, -0.1) is 0 Å². The number of nitrogens with zero attached hydrogens (tertiary/aromatic N) is 1. The molecule has 0 saturated heterocycles. The number of phenolic OH excluding ortho intramolecular Hbond substituents is 1. The molecule has 2 rings (SSSR count). The molecule has 0 unspecified atom stereocenters. The van der Waals surface area contributed by atoms with Gasteiger partial charge in [0.2, 0.25) is 0 Å². The number of halogens is 1. The molecule has 0 aromatic heterocycles. The molecule has 2 nitrogen and oxygen atoms in total. The number of rotatable bonds is 7. The Hall–Kier alpha value is -1.32. The van der Waals surface area contributed by atoms with Gasteiger partial charge >= 0.3 is 0 Å². The van der Waals surface area contributed by atoms with E-state index in [1.54, 1.807) is 0 Å². The molecule has 0 fully saturated rings. The van der Waals surface area contributed by atoms with Crippen molar-refractivity contribution < 1.29 is 26.6 Å². The van der Waals surface area contributed by atoms with Crippen molar-refractivity contribution in [1.29, 1.82) is 0 Å². The predicted molar refractivity (Wildman–Crippen MR) is 107 cm³/mol. The van der Waals surface area contributed by atoms with Gasteiger partial charge in [0.25, 0.3) is 0 Å². The van der Waals surface area contributed by atoms with E-state index in [1.165, 1.54) is 5.56 Å². The van der Waals surface area contributed by atoms with Crippen LogP contribution in [0.3, 0.4) is 0 Å². The SMILES string of the molecule is Cc1cccc([C@H](CC[N+](C)(C(C)C)C(C)C)c2ccccc2)c1O.[Br-]. The van der Waals surface area contributed by atoms with E-state index in [4.69, 9.17) is 0 Å². The number of aromatic hydroxyl groups is 1. The lowest BCUT2D eigenvalue weighted by Gasteiger charge is -2.43. The standard InChI is InChI=1S/C23H33NO.BrH/c1-17(2)24(6,18(3)4)16-15-21(20-12-8-7-9-13-20)22-14-10-11-19(5)23(22)25;/h7-14,17-18,21H,15-16H2,1-6H3;1H/t21-;/m1./s1. The van der Waals surface area contributed by atoms with Gasteiger partial charge in [0.05, 0.1) is 25.7 Å². The normalized spacial score (nSPS) is 12.9. The fourth-order valence-corrected chi connectivity index (χ4v) is 3.67. The lowest BCUT2D eigenvalue weighted by Crippen LogP contribution is -3.00. The maximum absolute atomic E-state index is 10.7. The molecule has 0 aliphatic rings. The van der Waals surface area contributed by atoms with Gasteiger partial charge in [-0.2, -0.15) is 0 Å². The summed E-state index contributed by atoms with van der Waals surface area (Å²) in [6.45, 7) is 12.3. The van der Waals surface area contributed by atoms with E-state index in [0.29, 0.717) is 17.8 Å². The van der Waals surface area contributed by atoms with Crippen LogP contribution in [0.25, 0.3) is 0 Å². The topological polar surface area (TPSA) is 20.2 Å². The molecule has 0 spiro atoms. The lowest BCUT2D eigenvalue weighted by molar-refractivity contribution is -0.949. The monoisotopic (exact) mass is 419 g/mol. The van der Waals surface area contributed by atoms with Crippen molar-refractivity contribution >= 4 is 0 Å². The summed E-state index contributed by atoms with van der Waals surface area (Å²) in [6, 6.07) is 17.9. The summed E-state index contributed by atoms with van der Waals surface area (Å²) >= 11 is 0. The summed E-state index contributed by atoms with van der Waals surface area (Å²) in [6.07, 6.45) is 1.02. The largest absolute Gasteiger partial charge is 1.00 e. The van der Waals surface area contributed by atoms with Gasteiger partial charge in [0.15, 0.2) is 0 Å². The first-order valence-electron chi connectivity index (χ1n) is 9.45. The Labute approximate surface area is 170 Å². The van der Waals surface area contributed by atoms with E-state index in [0.717, 1.165) is 28.6 Å². The number of hydrogen-bond donors (Lipinski definition) is 1. The minimum Gasteiger partial charge on any atom is -1.00 e. The molecule has 3 heteroatoms. The van der Waals surface area contributed by atoms with Crippen LogP contribution in [0.4, 0.5) is 0 Å². The third-order valence-electron chi connectivity index (χ3n) is 6.11. The number of quaternary nitrogens is 1. The molecule has 0 bridgehead atoms. The molecule has 0 aliphatic carbocycles. The quantitative estimate of drug-likeness (QED) is 0.683. The fourth-order valence-electron chi connectivity index (χ4n) is 3.67. The fraction of sp³-hybridized carbons (Fsp3) is 0.478. The van der Waals surface area contributed by atoms with Crippen molar-refractivity contribution in [3.63, 3.8) is 0 Å². The first-order valence-corrected chi connectivity index (χ1v) is 9.45. The molecule has 0 radical (unpaired) electrons. The highest BCUT2D eigenvalue weighted by Crippen LogP contribution is 2.36. The first-order chi connectivity index (χ1) is 11.8. The highest BCUT2D eigenvalue weighted by molar-refractivity contribution is 5.45. The summed E-state index contributed by atoms with van der Waals surface area (Å²) in [4.78, 5) is 0. The smallest absolute Gasteiger partial charge is 0.122 e. The molecule has 144 valence electrons. The van der Waals surface area contributed by atoms with E-state index in [9.17, 15) is 5.11 Å². The molecule has 0 heterocycles. The Morgan fingerprint density at radius 2 is 1.46 bits per heavy atom. The molecule has 2 aromatic carbocycles. The number of benzene rings is 2. The predicted octanol–water partition coefficient (Wildman–Crippen LogP) is 2.49. The van der Waals surface area contributed by atoms with Crippen LogP contribution in [0, 0.1) is 6.92 Å². The minimum atomic E-state index is 0. The molecular formula is C23H34BrNO. The second-order valence-electron chi connectivity index (χ2n) is 8.02. The Kier molecular flexibility index (Phi) is 8.36. The van der Waals surface area contributed by atoms with Gasteiger partial charge in [-0.25, -0.2) is 0 Å². The highest BCUT2D eigenvalue weighted by atomic mass is 79.9. The molecule has 2 aromatic rings. The van der Waals surface area contributed by atoms with Crippen molar-refractivity contribution in [2.45, 2.75) is 59.0 Å². The Balaban J connectivity index is 0.00000338. The van der Waals surface area contributed by atoms with Gasteiger partial charge in [0, 0.05) is 17.9 Å². The van der Waals surface area contributed by atoms with Crippen molar-refractivity contribution in [3.8, 4) is 5.75 Å². The van der Waals surface area contributed by atoms with Crippen molar-refractivity contribution in [2.24, 2.45) is 0 Å². The molecule has 26 heavy (non-hydrogen) atoms. The van der Waals surface area contributed by atoms with Crippen LogP contribution >= 0.6 is 0 Å². The molecule has 0 amide bonds. The summed E-state index contributed by atoms with van der Waals surface area (Å²) < 4.78 is 1.04. The maximum atomic E-state index is 10.7. The Morgan fingerprint density at radius 3 is 2.00 bits per heavy atom. The molecule has 0 saturated carbocycles. The van der Waals surface area contributed by atoms with Crippen LogP contribution in [0.2, 0.25) is 0 Å². The average molecular weight is 420 g/mol. The Bertz CT molecular complexity index is 674. The average Bonchev–Trinajstić information content (AvgIpc) is 2.59. The van der Waals surface area contributed by atoms with E-state index in [-0.39, 0.29) is 22.9 Å². The van der Waals surface area contributed by atoms with Crippen molar-refractivity contribution in [2.75, 3.05) is 13.6 Å². The van der Waals surface area contributed by atoms with Gasteiger partial charge in [0.1, 0.15) is 5.75 Å². The minimum absolute atomic E-state index is 0. The summed E-state index contributed by atoms with van der Waals surface area (Å²) in [5.41, 5.74) is 3.27. The second-order valence-corrected chi connectivity index (χ2v) is 8.02. The van der Waals surface area contributed by atoms with E-state index < -0.39 is 0 Å². The lowest BCUT2D eigenvalue weighted by atomic mass is 9.86. The van der Waals surface area contributed by atoms with E-state index in [2.05, 4.69) is 77.2 Å². The zero-order valence-electron chi connectivity index (χ0n) is 17.0. The zero-order chi connectivity index (χ0) is 18.6. The number of phenols is 1. The second kappa shape index (κ2) is 9.57. The first kappa shape index (κ1) is 22.7. The number of para-hydroxylation sites is 1. The van der Waals surface area contributed by atoms with Gasteiger partial charge in [-0.3, -0.25) is 0 Å². The van der Waals surface area contributed by atoms with Crippen LogP contribution in [0.1, 0.15) is 56.7 Å². The third kappa shape index (κ3) is 4.89. The summed E-state index contributed by atoms with van der Waals surface area (Å²) in [5, 5.41) is 10.7. The van der Waals surface area contributed by atoms with Gasteiger partial charge < -0.3 is 26.6 Å². The summed E-state index contributed by atoms with van der Waals surface area (Å²) in [5.74, 6) is 0.663. The van der Waals surface area contributed by atoms with Crippen LogP contribution in [-0.2, 0) is 0 Å². The Morgan fingerprint density at radius 1 is 0.885 bits per heavy atom. The van der Waals surface area contributed by atoms with E-state index >= 15 is 0 Å². The maximum Gasteiger partial charge on any atom is 0.122 e. The zero-order valence-corrected chi connectivity index (χ0v) is 18.6. The number of aryl methyl sites for hydroxylation is 1.